The Kier molecular flexibility index (Phi) is 4.93. The summed E-state index contributed by atoms with van der Waals surface area (Å²) in [4.78, 5) is 26.0. The molecule has 150 valence electrons. The Morgan fingerprint density at radius 1 is 0.677 bits per heavy atom. The SMILES string of the molecule is O=C1CCc2c(-c3ccccc3)cc(-c3ccccc3)c(C(=O)c3ccccc3)c2O1. The molecule has 3 heteroatoms. The number of carbonyl (C=O) groups is 2. The molecule has 0 N–H and O–H groups in total. The second-order valence-electron chi connectivity index (χ2n) is 7.56. The maximum Gasteiger partial charge on any atom is 0.311 e. The number of hydrogen-bond acceptors (Lipinski definition) is 3. The zero-order chi connectivity index (χ0) is 21.2. The summed E-state index contributed by atoms with van der Waals surface area (Å²) in [6, 6.07) is 31.0. The summed E-state index contributed by atoms with van der Waals surface area (Å²) in [5, 5.41) is 0. The van der Waals surface area contributed by atoms with E-state index in [1.165, 1.54) is 0 Å². The largest absolute Gasteiger partial charge is 0.425 e. The Bertz CT molecular complexity index is 1260. The molecule has 0 aliphatic carbocycles. The lowest BCUT2D eigenvalue weighted by molar-refractivity contribution is -0.135. The van der Waals surface area contributed by atoms with Gasteiger partial charge in [-0.2, -0.15) is 0 Å². The molecule has 1 aliphatic rings. The minimum absolute atomic E-state index is 0.148. The van der Waals surface area contributed by atoms with Gasteiger partial charge in [0, 0.05) is 11.1 Å². The van der Waals surface area contributed by atoms with Crippen LogP contribution in [0.25, 0.3) is 22.3 Å². The van der Waals surface area contributed by atoms with Crippen LogP contribution in [0.4, 0.5) is 0 Å². The van der Waals surface area contributed by atoms with Gasteiger partial charge in [-0.05, 0) is 34.7 Å². The van der Waals surface area contributed by atoms with E-state index in [-0.39, 0.29) is 11.8 Å². The van der Waals surface area contributed by atoms with Gasteiger partial charge in [-0.25, -0.2) is 0 Å². The van der Waals surface area contributed by atoms with Crippen molar-refractivity contribution >= 4 is 11.8 Å². The van der Waals surface area contributed by atoms with Crippen LogP contribution in [0, 0.1) is 0 Å². The molecule has 4 aromatic carbocycles. The van der Waals surface area contributed by atoms with E-state index in [1.807, 2.05) is 78.9 Å². The van der Waals surface area contributed by atoms with Crippen molar-refractivity contribution in [2.75, 3.05) is 0 Å². The lowest BCUT2D eigenvalue weighted by Crippen LogP contribution is -2.20. The number of carbonyl (C=O) groups excluding carboxylic acids is 2. The van der Waals surface area contributed by atoms with E-state index >= 15 is 0 Å². The standard InChI is InChI=1S/C28H20O3/c29-25-17-16-22-23(19-10-4-1-5-11-19)18-24(20-12-6-2-7-13-20)26(28(22)31-25)27(30)21-14-8-3-9-15-21/h1-15,18H,16-17H2. The van der Waals surface area contributed by atoms with Gasteiger partial charge in [-0.1, -0.05) is 91.0 Å². The van der Waals surface area contributed by atoms with Gasteiger partial charge in [0.05, 0.1) is 12.0 Å². The van der Waals surface area contributed by atoms with E-state index < -0.39 is 0 Å². The summed E-state index contributed by atoms with van der Waals surface area (Å²) in [5.41, 5.74) is 5.62. The summed E-state index contributed by atoms with van der Waals surface area (Å²) in [5.74, 6) is -0.0610. The summed E-state index contributed by atoms with van der Waals surface area (Å²) in [6.45, 7) is 0. The molecule has 1 heterocycles. The van der Waals surface area contributed by atoms with Crippen molar-refractivity contribution in [3.05, 3.63) is 114 Å². The molecule has 31 heavy (non-hydrogen) atoms. The zero-order valence-corrected chi connectivity index (χ0v) is 16.9. The van der Waals surface area contributed by atoms with Crippen LogP contribution < -0.4 is 4.74 Å². The molecule has 0 unspecified atom stereocenters. The zero-order valence-electron chi connectivity index (χ0n) is 16.9. The van der Waals surface area contributed by atoms with E-state index in [0.717, 1.165) is 27.8 Å². The van der Waals surface area contributed by atoms with Gasteiger partial charge in [0.25, 0.3) is 0 Å². The predicted molar refractivity (Wildman–Crippen MR) is 121 cm³/mol. The molecule has 0 saturated heterocycles. The highest BCUT2D eigenvalue weighted by atomic mass is 16.5. The molecule has 1 aliphatic heterocycles. The fourth-order valence-corrected chi connectivity index (χ4v) is 4.13. The summed E-state index contributed by atoms with van der Waals surface area (Å²) >= 11 is 0. The van der Waals surface area contributed by atoms with Crippen LogP contribution in [0.3, 0.4) is 0 Å². The molecular formula is C28H20O3. The van der Waals surface area contributed by atoms with Crippen molar-refractivity contribution in [2.24, 2.45) is 0 Å². The normalized spacial score (nSPS) is 12.7. The van der Waals surface area contributed by atoms with Gasteiger partial charge in [0.15, 0.2) is 5.78 Å². The molecule has 0 atom stereocenters. The second kappa shape index (κ2) is 8.04. The number of esters is 1. The van der Waals surface area contributed by atoms with Crippen molar-refractivity contribution in [3.63, 3.8) is 0 Å². The van der Waals surface area contributed by atoms with Gasteiger partial charge >= 0.3 is 5.97 Å². The third-order valence-corrected chi connectivity index (χ3v) is 5.61. The second-order valence-corrected chi connectivity index (χ2v) is 7.56. The topological polar surface area (TPSA) is 43.4 Å². The average Bonchev–Trinajstić information content (AvgIpc) is 2.84. The van der Waals surface area contributed by atoms with Gasteiger partial charge in [-0.15, -0.1) is 0 Å². The van der Waals surface area contributed by atoms with Crippen LogP contribution in [-0.4, -0.2) is 11.8 Å². The number of fused-ring (bicyclic) bond motifs is 1. The van der Waals surface area contributed by atoms with E-state index in [2.05, 4.69) is 6.07 Å². The van der Waals surface area contributed by atoms with Gasteiger partial charge in [-0.3, -0.25) is 9.59 Å². The third-order valence-electron chi connectivity index (χ3n) is 5.61. The summed E-state index contributed by atoms with van der Waals surface area (Å²) in [6.07, 6.45) is 0.846. The first kappa shape index (κ1) is 19.0. The first-order chi connectivity index (χ1) is 15.2. The minimum atomic E-state index is -0.307. The quantitative estimate of drug-likeness (QED) is 0.234. The van der Waals surface area contributed by atoms with E-state index in [1.54, 1.807) is 12.1 Å². The predicted octanol–water partition coefficient (Wildman–Crippen LogP) is 6.10. The van der Waals surface area contributed by atoms with E-state index in [0.29, 0.717) is 29.7 Å². The molecule has 0 bridgehead atoms. The molecular weight excluding hydrogens is 384 g/mol. The molecule has 4 aromatic rings. The fourth-order valence-electron chi connectivity index (χ4n) is 4.13. The molecule has 5 rings (SSSR count). The summed E-state index contributed by atoms with van der Waals surface area (Å²) in [7, 11) is 0. The van der Waals surface area contributed by atoms with Crippen molar-refractivity contribution in [3.8, 4) is 28.0 Å². The van der Waals surface area contributed by atoms with Crippen LogP contribution in [0.15, 0.2) is 97.1 Å². The number of benzene rings is 4. The molecule has 0 amide bonds. The summed E-state index contributed by atoms with van der Waals surface area (Å²) < 4.78 is 5.77. The maximum absolute atomic E-state index is 13.7. The van der Waals surface area contributed by atoms with Crippen LogP contribution in [0.5, 0.6) is 5.75 Å². The highest BCUT2D eigenvalue weighted by molar-refractivity contribution is 6.16. The van der Waals surface area contributed by atoms with Crippen LogP contribution in [0.2, 0.25) is 0 Å². The first-order valence-electron chi connectivity index (χ1n) is 10.3. The molecule has 3 nitrogen and oxygen atoms in total. The van der Waals surface area contributed by atoms with Crippen LogP contribution >= 0.6 is 0 Å². The number of rotatable bonds is 4. The lowest BCUT2D eigenvalue weighted by Gasteiger charge is -2.24. The Balaban J connectivity index is 1.84. The monoisotopic (exact) mass is 404 g/mol. The third kappa shape index (κ3) is 3.55. The first-order valence-corrected chi connectivity index (χ1v) is 10.3. The Labute approximate surface area is 180 Å². The van der Waals surface area contributed by atoms with Gasteiger partial charge in [0.1, 0.15) is 5.75 Å². The highest BCUT2D eigenvalue weighted by Crippen LogP contribution is 2.43. The molecule has 0 spiro atoms. The molecule has 0 saturated carbocycles. The maximum atomic E-state index is 13.7. The minimum Gasteiger partial charge on any atom is -0.425 e. The number of ether oxygens (including phenoxy) is 1. The van der Waals surface area contributed by atoms with Crippen molar-refractivity contribution in [2.45, 2.75) is 12.8 Å². The van der Waals surface area contributed by atoms with Crippen molar-refractivity contribution in [1.29, 1.82) is 0 Å². The number of ketones is 1. The van der Waals surface area contributed by atoms with E-state index in [4.69, 9.17) is 4.74 Å². The van der Waals surface area contributed by atoms with Gasteiger partial charge < -0.3 is 4.74 Å². The van der Waals surface area contributed by atoms with Crippen molar-refractivity contribution < 1.29 is 14.3 Å². The van der Waals surface area contributed by atoms with Gasteiger partial charge in [0.2, 0.25) is 0 Å². The fraction of sp³-hybridized carbons (Fsp3) is 0.0714. The smallest absolute Gasteiger partial charge is 0.311 e. The average molecular weight is 404 g/mol. The molecule has 0 aromatic heterocycles. The molecule has 0 radical (unpaired) electrons. The lowest BCUT2D eigenvalue weighted by atomic mass is 9.84. The van der Waals surface area contributed by atoms with Crippen molar-refractivity contribution in [1.82, 2.24) is 0 Å². The number of hydrogen-bond donors (Lipinski definition) is 0. The molecule has 0 fully saturated rings. The van der Waals surface area contributed by atoms with Crippen LogP contribution in [0.1, 0.15) is 27.9 Å². The van der Waals surface area contributed by atoms with Crippen LogP contribution in [-0.2, 0) is 11.2 Å². The highest BCUT2D eigenvalue weighted by Gasteiger charge is 2.30. The van der Waals surface area contributed by atoms with E-state index in [9.17, 15) is 9.59 Å². The Morgan fingerprint density at radius 2 is 1.23 bits per heavy atom. The Morgan fingerprint density at radius 3 is 1.84 bits per heavy atom. The Hall–Kier alpha value is -3.98.